The molecule has 4 rings (SSSR count). The van der Waals surface area contributed by atoms with E-state index in [0.717, 1.165) is 15.0 Å². The van der Waals surface area contributed by atoms with Crippen LogP contribution in [0.15, 0.2) is 48.5 Å². The molecule has 24 heavy (non-hydrogen) atoms. The first-order chi connectivity index (χ1) is 11.7. The van der Waals surface area contributed by atoms with Crippen molar-refractivity contribution in [2.45, 2.75) is 6.92 Å². The second kappa shape index (κ2) is 6.38. The van der Waals surface area contributed by atoms with Crippen molar-refractivity contribution < 1.29 is 9.53 Å². The fraction of sp³-hybridized carbons (Fsp3) is 0.250. The highest BCUT2D eigenvalue weighted by Gasteiger charge is 2.21. The number of hydrogen-bond acceptors (Lipinski definition) is 3. The highest BCUT2D eigenvalue weighted by atomic mass is 32.1. The average molecular weight is 337 g/mol. The SMILES string of the molecule is Cc1ccc(-c2cccc3sc(C(=O)N4CCOCC4)cc23)cc1. The predicted octanol–water partition coefficient (Wildman–Crippen LogP) is 4.35. The molecule has 1 saturated heterocycles. The standard InChI is InChI=1S/C20H19NO2S/c1-14-5-7-15(8-6-14)16-3-2-4-18-17(16)13-19(24-18)20(22)21-9-11-23-12-10-21/h2-8,13H,9-12H2,1H3. The van der Waals surface area contributed by atoms with Crippen molar-refractivity contribution in [2.24, 2.45) is 0 Å². The molecular formula is C20H19NO2S. The van der Waals surface area contributed by atoms with Crippen LogP contribution in [0.1, 0.15) is 15.2 Å². The van der Waals surface area contributed by atoms with Gasteiger partial charge in [-0.3, -0.25) is 4.79 Å². The van der Waals surface area contributed by atoms with Gasteiger partial charge in [0.15, 0.2) is 0 Å². The van der Waals surface area contributed by atoms with Gasteiger partial charge in [0.25, 0.3) is 5.91 Å². The summed E-state index contributed by atoms with van der Waals surface area (Å²) < 4.78 is 6.50. The number of benzene rings is 2. The molecule has 1 aromatic heterocycles. The number of carbonyl (C=O) groups is 1. The van der Waals surface area contributed by atoms with Crippen LogP contribution in [0.2, 0.25) is 0 Å². The maximum absolute atomic E-state index is 12.7. The number of amides is 1. The molecule has 122 valence electrons. The van der Waals surface area contributed by atoms with Gasteiger partial charge in [0, 0.05) is 23.2 Å². The molecule has 1 amide bonds. The predicted molar refractivity (Wildman–Crippen MR) is 98.7 cm³/mol. The third-order valence-electron chi connectivity index (χ3n) is 4.43. The molecule has 3 nitrogen and oxygen atoms in total. The monoisotopic (exact) mass is 337 g/mol. The third-order valence-corrected chi connectivity index (χ3v) is 5.52. The summed E-state index contributed by atoms with van der Waals surface area (Å²) in [5.41, 5.74) is 3.62. The zero-order valence-electron chi connectivity index (χ0n) is 13.6. The summed E-state index contributed by atoms with van der Waals surface area (Å²) in [4.78, 5) is 15.4. The van der Waals surface area contributed by atoms with E-state index in [0.29, 0.717) is 26.3 Å². The summed E-state index contributed by atoms with van der Waals surface area (Å²) >= 11 is 1.58. The number of morpholine rings is 1. The summed E-state index contributed by atoms with van der Waals surface area (Å²) in [5, 5.41) is 1.16. The van der Waals surface area contributed by atoms with Gasteiger partial charge in [-0.1, -0.05) is 42.0 Å². The topological polar surface area (TPSA) is 29.5 Å². The number of aryl methyl sites for hydroxylation is 1. The summed E-state index contributed by atoms with van der Waals surface area (Å²) in [6.07, 6.45) is 0. The largest absolute Gasteiger partial charge is 0.378 e. The lowest BCUT2D eigenvalue weighted by Gasteiger charge is -2.26. The van der Waals surface area contributed by atoms with E-state index in [-0.39, 0.29) is 5.91 Å². The Morgan fingerprint density at radius 1 is 1.08 bits per heavy atom. The Kier molecular flexibility index (Phi) is 4.08. The number of thiophene rings is 1. The van der Waals surface area contributed by atoms with Crippen LogP contribution in [0.5, 0.6) is 0 Å². The van der Waals surface area contributed by atoms with E-state index < -0.39 is 0 Å². The highest BCUT2D eigenvalue weighted by molar-refractivity contribution is 7.20. The van der Waals surface area contributed by atoms with Gasteiger partial charge < -0.3 is 9.64 Å². The lowest BCUT2D eigenvalue weighted by Crippen LogP contribution is -2.40. The number of ether oxygens (including phenoxy) is 1. The lowest BCUT2D eigenvalue weighted by atomic mass is 10.0. The highest BCUT2D eigenvalue weighted by Crippen LogP contribution is 2.34. The number of nitrogens with zero attached hydrogens (tertiary/aromatic N) is 1. The van der Waals surface area contributed by atoms with E-state index in [9.17, 15) is 4.79 Å². The first-order valence-electron chi connectivity index (χ1n) is 8.19. The molecular weight excluding hydrogens is 318 g/mol. The van der Waals surface area contributed by atoms with Gasteiger partial charge in [-0.05, 0) is 30.2 Å². The molecule has 0 aliphatic carbocycles. The molecule has 1 aliphatic rings. The number of fused-ring (bicyclic) bond motifs is 1. The first kappa shape index (κ1) is 15.4. The van der Waals surface area contributed by atoms with Crippen LogP contribution in [0, 0.1) is 6.92 Å². The van der Waals surface area contributed by atoms with Crippen LogP contribution < -0.4 is 0 Å². The van der Waals surface area contributed by atoms with Crippen molar-refractivity contribution in [3.8, 4) is 11.1 Å². The van der Waals surface area contributed by atoms with Crippen LogP contribution in [-0.4, -0.2) is 37.1 Å². The molecule has 0 atom stereocenters. The van der Waals surface area contributed by atoms with Gasteiger partial charge in [0.1, 0.15) is 0 Å². The van der Waals surface area contributed by atoms with Gasteiger partial charge in [0.05, 0.1) is 18.1 Å². The van der Waals surface area contributed by atoms with Crippen molar-refractivity contribution in [1.29, 1.82) is 0 Å². The second-order valence-corrected chi connectivity index (χ2v) is 7.18. The Labute approximate surface area is 145 Å². The Hall–Kier alpha value is -2.17. The van der Waals surface area contributed by atoms with Crippen molar-refractivity contribution >= 4 is 27.3 Å². The maximum Gasteiger partial charge on any atom is 0.264 e. The number of carbonyl (C=O) groups excluding carboxylic acids is 1. The van der Waals surface area contributed by atoms with Crippen molar-refractivity contribution in [1.82, 2.24) is 4.90 Å². The van der Waals surface area contributed by atoms with Gasteiger partial charge >= 0.3 is 0 Å². The van der Waals surface area contributed by atoms with E-state index in [1.165, 1.54) is 16.7 Å². The fourth-order valence-corrected chi connectivity index (χ4v) is 4.13. The summed E-state index contributed by atoms with van der Waals surface area (Å²) in [5.74, 6) is 0.120. The van der Waals surface area contributed by atoms with E-state index in [4.69, 9.17) is 4.74 Å². The van der Waals surface area contributed by atoms with Crippen LogP contribution in [0.3, 0.4) is 0 Å². The van der Waals surface area contributed by atoms with Crippen LogP contribution in [0.4, 0.5) is 0 Å². The first-order valence-corrected chi connectivity index (χ1v) is 9.01. The molecule has 0 N–H and O–H groups in total. The molecule has 1 fully saturated rings. The minimum atomic E-state index is 0.120. The maximum atomic E-state index is 12.7. The zero-order chi connectivity index (χ0) is 16.5. The number of hydrogen-bond donors (Lipinski definition) is 0. The van der Waals surface area contributed by atoms with E-state index >= 15 is 0 Å². The van der Waals surface area contributed by atoms with Crippen LogP contribution in [-0.2, 0) is 4.74 Å². The Morgan fingerprint density at radius 3 is 2.58 bits per heavy atom. The molecule has 0 saturated carbocycles. The molecule has 0 unspecified atom stereocenters. The Morgan fingerprint density at radius 2 is 1.83 bits per heavy atom. The van der Waals surface area contributed by atoms with Gasteiger partial charge in [0.2, 0.25) is 0 Å². The Bertz CT molecular complexity index is 876. The minimum absolute atomic E-state index is 0.120. The third kappa shape index (κ3) is 2.83. The summed E-state index contributed by atoms with van der Waals surface area (Å²) in [6.45, 7) is 4.71. The van der Waals surface area contributed by atoms with Crippen molar-refractivity contribution in [3.63, 3.8) is 0 Å². The minimum Gasteiger partial charge on any atom is -0.378 e. The summed E-state index contributed by atoms with van der Waals surface area (Å²) in [6, 6.07) is 16.9. The lowest BCUT2D eigenvalue weighted by molar-refractivity contribution is 0.0306. The average Bonchev–Trinajstić information content (AvgIpc) is 3.07. The number of rotatable bonds is 2. The molecule has 0 bridgehead atoms. The normalized spacial score (nSPS) is 15.0. The molecule has 3 aromatic rings. The zero-order valence-corrected chi connectivity index (χ0v) is 14.4. The van der Waals surface area contributed by atoms with Gasteiger partial charge in [-0.2, -0.15) is 0 Å². The Balaban J connectivity index is 1.74. The molecule has 2 aromatic carbocycles. The molecule has 2 heterocycles. The van der Waals surface area contributed by atoms with E-state index in [1.54, 1.807) is 11.3 Å². The second-order valence-electron chi connectivity index (χ2n) is 6.10. The molecule has 4 heteroatoms. The van der Waals surface area contributed by atoms with Crippen LogP contribution >= 0.6 is 11.3 Å². The smallest absolute Gasteiger partial charge is 0.264 e. The van der Waals surface area contributed by atoms with Crippen molar-refractivity contribution in [3.05, 3.63) is 59.0 Å². The van der Waals surface area contributed by atoms with Crippen LogP contribution in [0.25, 0.3) is 21.2 Å². The van der Waals surface area contributed by atoms with E-state index in [1.807, 2.05) is 11.0 Å². The van der Waals surface area contributed by atoms with E-state index in [2.05, 4.69) is 49.4 Å². The van der Waals surface area contributed by atoms with Gasteiger partial charge in [-0.25, -0.2) is 0 Å². The quantitative estimate of drug-likeness (QED) is 0.696. The summed E-state index contributed by atoms with van der Waals surface area (Å²) in [7, 11) is 0. The van der Waals surface area contributed by atoms with Gasteiger partial charge in [-0.15, -0.1) is 11.3 Å². The fourth-order valence-electron chi connectivity index (χ4n) is 3.07. The molecule has 1 aliphatic heterocycles. The molecule has 0 spiro atoms. The molecule has 0 radical (unpaired) electrons. The van der Waals surface area contributed by atoms with Crippen molar-refractivity contribution in [2.75, 3.05) is 26.3 Å².